The summed E-state index contributed by atoms with van der Waals surface area (Å²) in [6, 6.07) is 10.3. The summed E-state index contributed by atoms with van der Waals surface area (Å²) in [4.78, 5) is 24.1. The normalized spacial score (nSPS) is 15.9. The van der Waals surface area contributed by atoms with Crippen LogP contribution >= 0.6 is 11.3 Å². The first-order valence-electron chi connectivity index (χ1n) is 9.14. The summed E-state index contributed by atoms with van der Waals surface area (Å²) < 4.78 is 26.9. The van der Waals surface area contributed by atoms with E-state index in [1.54, 1.807) is 48.7 Å². The van der Waals surface area contributed by atoms with Crippen LogP contribution in [0.4, 0.5) is 11.4 Å². The maximum absolute atomic E-state index is 12.6. The third-order valence-electron chi connectivity index (χ3n) is 4.65. The average molecular weight is 422 g/mol. The van der Waals surface area contributed by atoms with E-state index in [1.807, 2.05) is 0 Å². The van der Waals surface area contributed by atoms with E-state index < -0.39 is 10.0 Å². The molecule has 0 bridgehead atoms. The predicted molar refractivity (Wildman–Crippen MR) is 110 cm³/mol. The van der Waals surface area contributed by atoms with Gasteiger partial charge in [-0.2, -0.15) is 4.31 Å². The van der Waals surface area contributed by atoms with Crippen molar-refractivity contribution in [1.82, 2.24) is 4.31 Å². The monoisotopic (exact) mass is 421 g/mol. The van der Waals surface area contributed by atoms with Gasteiger partial charge >= 0.3 is 0 Å². The first kappa shape index (κ1) is 20.5. The highest BCUT2D eigenvalue weighted by molar-refractivity contribution is 7.91. The Kier molecular flexibility index (Phi) is 6.48. The summed E-state index contributed by atoms with van der Waals surface area (Å²) in [6.07, 6.45) is 1.33. The Morgan fingerprint density at radius 1 is 1.11 bits per heavy atom. The van der Waals surface area contributed by atoms with E-state index in [1.165, 1.54) is 15.6 Å². The standard InChI is InChI=1S/C19H23N3O4S2/c1-2-17(23)20-15-5-3-6-16(13-15)21-19(24)14-8-10-22(11-9-14)28(25,26)18-7-4-12-27-18/h3-7,12-14H,2,8-11H2,1H3,(H,20,23)(H,21,24). The van der Waals surface area contributed by atoms with E-state index in [9.17, 15) is 18.0 Å². The molecule has 0 saturated carbocycles. The third-order valence-corrected chi connectivity index (χ3v) is 7.92. The minimum atomic E-state index is -3.47. The number of nitrogens with one attached hydrogen (secondary N) is 2. The van der Waals surface area contributed by atoms with Crippen molar-refractivity contribution in [2.24, 2.45) is 5.92 Å². The van der Waals surface area contributed by atoms with Gasteiger partial charge in [0.2, 0.25) is 11.8 Å². The second-order valence-corrected chi connectivity index (χ2v) is 9.69. The molecule has 1 saturated heterocycles. The number of nitrogens with zero attached hydrogens (tertiary/aromatic N) is 1. The Morgan fingerprint density at radius 3 is 2.39 bits per heavy atom. The molecule has 0 unspecified atom stereocenters. The third kappa shape index (κ3) is 4.78. The number of amides is 2. The van der Waals surface area contributed by atoms with Crippen molar-refractivity contribution in [3.8, 4) is 0 Å². The van der Waals surface area contributed by atoms with Crippen molar-refractivity contribution in [3.05, 3.63) is 41.8 Å². The van der Waals surface area contributed by atoms with Gasteiger partial charge in [0.1, 0.15) is 4.21 Å². The minimum absolute atomic E-state index is 0.0946. The van der Waals surface area contributed by atoms with E-state index in [0.717, 1.165) is 0 Å². The van der Waals surface area contributed by atoms with Gasteiger partial charge in [-0.15, -0.1) is 11.3 Å². The number of piperidine rings is 1. The molecule has 1 aromatic heterocycles. The van der Waals surface area contributed by atoms with Gasteiger partial charge in [-0.05, 0) is 42.5 Å². The van der Waals surface area contributed by atoms with Crippen LogP contribution in [0, 0.1) is 5.92 Å². The fourth-order valence-electron chi connectivity index (χ4n) is 3.06. The van der Waals surface area contributed by atoms with Crippen LogP contribution < -0.4 is 10.6 Å². The number of anilines is 2. The molecule has 1 aliphatic rings. The summed E-state index contributed by atoms with van der Waals surface area (Å²) in [7, 11) is -3.47. The molecule has 1 aromatic carbocycles. The molecule has 2 heterocycles. The van der Waals surface area contributed by atoms with Gasteiger partial charge in [0.25, 0.3) is 10.0 Å². The number of sulfonamides is 1. The largest absolute Gasteiger partial charge is 0.326 e. The fourth-order valence-corrected chi connectivity index (χ4v) is 5.68. The van der Waals surface area contributed by atoms with Gasteiger partial charge in [-0.1, -0.05) is 19.1 Å². The van der Waals surface area contributed by atoms with Crippen molar-refractivity contribution in [1.29, 1.82) is 0 Å². The van der Waals surface area contributed by atoms with E-state index in [2.05, 4.69) is 10.6 Å². The highest BCUT2D eigenvalue weighted by atomic mass is 32.2. The van der Waals surface area contributed by atoms with E-state index in [4.69, 9.17) is 0 Å². The number of rotatable bonds is 6. The van der Waals surface area contributed by atoms with Crippen LogP contribution in [0.3, 0.4) is 0 Å². The number of thiophene rings is 1. The summed E-state index contributed by atoms with van der Waals surface area (Å²) in [5.74, 6) is -0.474. The first-order valence-corrected chi connectivity index (χ1v) is 11.5. The Bertz CT molecular complexity index is 934. The molecule has 2 N–H and O–H groups in total. The molecule has 3 rings (SSSR count). The molecule has 1 aliphatic heterocycles. The van der Waals surface area contributed by atoms with Gasteiger partial charge in [-0.3, -0.25) is 9.59 Å². The molecule has 7 nitrogen and oxygen atoms in total. The zero-order chi connectivity index (χ0) is 20.1. The Balaban J connectivity index is 1.57. The Hall–Kier alpha value is -2.23. The molecule has 0 atom stereocenters. The van der Waals surface area contributed by atoms with Crippen LogP contribution in [0.1, 0.15) is 26.2 Å². The Labute approximate surface area is 168 Å². The summed E-state index contributed by atoms with van der Waals surface area (Å²) >= 11 is 1.20. The van der Waals surface area contributed by atoms with E-state index >= 15 is 0 Å². The van der Waals surface area contributed by atoms with Gasteiger partial charge < -0.3 is 10.6 Å². The zero-order valence-corrected chi connectivity index (χ0v) is 17.2. The number of hydrogen-bond donors (Lipinski definition) is 2. The summed E-state index contributed by atoms with van der Waals surface area (Å²) in [5.41, 5.74) is 1.23. The van der Waals surface area contributed by atoms with Crippen LogP contribution in [-0.4, -0.2) is 37.6 Å². The van der Waals surface area contributed by atoms with Crippen molar-refractivity contribution in [2.45, 2.75) is 30.4 Å². The van der Waals surface area contributed by atoms with Crippen LogP contribution in [0.25, 0.3) is 0 Å². The lowest BCUT2D eigenvalue weighted by Crippen LogP contribution is -2.41. The predicted octanol–water partition coefficient (Wildman–Crippen LogP) is 3.14. The molecule has 0 radical (unpaired) electrons. The molecule has 0 spiro atoms. The summed E-state index contributed by atoms with van der Waals surface area (Å²) in [6.45, 7) is 2.42. The van der Waals surface area contributed by atoms with Crippen molar-refractivity contribution in [3.63, 3.8) is 0 Å². The number of benzene rings is 1. The zero-order valence-electron chi connectivity index (χ0n) is 15.6. The van der Waals surface area contributed by atoms with Gasteiger partial charge in [0.15, 0.2) is 0 Å². The number of hydrogen-bond acceptors (Lipinski definition) is 5. The molecular weight excluding hydrogens is 398 g/mol. The lowest BCUT2D eigenvalue weighted by atomic mass is 9.97. The highest BCUT2D eigenvalue weighted by Crippen LogP contribution is 2.27. The SMILES string of the molecule is CCC(=O)Nc1cccc(NC(=O)C2CCN(S(=O)(=O)c3cccs3)CC2)c1. The molecule has 9 heteroatoms. The van der Waals surface area contributed by atoms with Gasteiger partial charge in [0, 0.05) is 36.8 Å². The molecule has 0 aliphatic carbocycles. The maximum Gasteiger partial charge on any atom is 0.252 e. The van der Waals surface area contributed by atoms with Crippen molar-refractivity contribution in [2.75, 3.05) is 23.7 Å². The van der Waals surface area contributed by atoms with Crippen LogP contribution in [0.5, 0.6) is 0 Å². The van der Waals surface area contributed by atoms with Crippen molar-refractivity contribution < 1.29 is 18.0 Å². The molecule has 2 amide bonds. The van der Waals surface area contributed by atoms with E-state index in [-0.39, 0.29) is 17.7 Å². The first-order chi connectivity index (χ1) is 13.4. The lowest BCUT2D eigenvalue weighted by Gasteiger charge is -2.30. The molecule has 150 valence electrons. The fraction of sp³-hybridized carbons (Fsp3) is 0.368. The highest BCUT2D eigenvalue weighted by Gasteiger charge is 2.32. The molecule has 2 aromatic rings. The second-order valence-electron chi connectivity index (χ2n) is 6.58. The van der Waals surface area contributed by atoms with Crippen molar-refractivity contribution >= 4 is 44.5 Å². The molecule has 1 fully saturated rings. The molecular formula is C19H23N3O4S2. The van der Waals surface area contributed by atoms with Crippen LogP contribution in [0.15, 0.2) is 46.0 Å². The summed E-state index contributed by atoms with van der Waals surface area (Å²) in [5, 5.41) is 7.37. The quantitative estimate of drug-likeness (QED) is 0.749. The number of carbonyl (C=O) groups excluding carboxylic acids is 2. The Morgan fingerprint density at radius 2 is 1.79 bits per heavy atom. The van der Waals surface area contributed by atoms with E-state index in [0.29, 0.717) is 47.9 Å². The van der Waals surface area contributed by atoms with Crippen LogP contribution in [-0.2, 0) is 19.6 Å². The smallest absolute Gasteiger partial charge is 0.252 e. The lowest BCUT2D eigenvalue weighted by molar-refractivity contribution is -0.121. The number of carbonyl (C=O) groups is 2. The topological polar surface area (TPSA) is 95.6 Å². The van der Waals surface area contributed by atoms with Crippen LogP contribution in [0.2, 0.25) is 0 Å². The van der Waals surface area contributed by atoms with Gasteiger partial charge in [0.05, 0.1) is 0 Å². The maximum atomic E-state index is 12.6. The minimum Gasteiger partial charge on any atom is -0.326 e. The second kappa shape index (κ2) is 8.85. The van der Waals surface area contributed by atoms with Gasteiger partial charge in [-0.25, -0.2) is 8.42 Å². The average Bonchev–Trinajstić information content (AvgIpc) is 3.24. The molecule has 28 heavy (non-hydrogen) atoms.